The fraction of sp³-hybridized carbons (Fsp3) is 0.500. The maximum atomic E-state index is 9.40. The Morgan fingerprint density at radius 3 is 2.62 bits per heavy atom. The zero-order chi connectivity index (χ0) is 9.90. The zero-order valence-electron chi connectivity index (χ0n) is 7.78. The fourth-order valence-electron chi connectivity index (χ4n) is 0.744. The third-order valence-electron chi connectivity index (χ3n) is 1.39. The molecule has 5 heteroatoms. The van der Waals surface area contributed by atoms with E-state index in [1.165, 1.54) is 0 Å². The van der Waals surface area contributed by atoms with E-state index in [9.17, 15) is 5.11 Å². The molecule has 0 unspecified atom stereocenters. The van der Waals surface area contributed by atoms with Gasteiger partial charge in [0.15, 0.2) is 0 Å². The highest BCUT2D eigenvalue weighted by molar-refractivity contribution is 5.38. The molecule has 1 aromatic heterocycles. The van der Waals surface area contributed by atoms with E-state index in [4.69, 9.17) is 5.73 Å². The van der Waals surface area contributed by atoms with Gasteiger partial charge < -0.3 is 16.2 Å². The zero-order valence-corrected chi connectivity index (χ0v) is 7.78. The van der Waals surface area contributed by atoms with Crippen LogP contribution in [0.5, 0.6) is 0 Å². The van der Waals surface area contributed by atoms with E-state index in [2.05, 4.69) is 15.5 Å². The quantitative estimate of drug-likeness (QED) is 0.623. The van der Waals surface area contributed by atoms with E-state index in [0.29, 0.717) is 18.2 Å². The van der Waals surface area contributed by atoms with Crippen molar-refractivity contribution < 1.29 is 5.11 Å². The minimum atomic E-state index is -0.761. The maximum Gasteiger partial charge on any atom is 0.148 e. The average molecular weight is 182 g/mol. The summed E-state index contributed by atoms with van der Waals surface area (Å²) >= 11 is 0. The number of nitrogens with two attached hydrogens (primary N) is 1. The molecule has 0 saturated heterocycles. The van der Waals surface area contributed by atoms with Crippen LogP contribution >= 0.6 is 0 Å². The molecule has 0 aliphatic rings. The van der Waals surface area contributed by atoms with Crippen molar-refractivity contribution in [2.75, 3.05) is 17.6 Å². The van der Waals surface area contributed by atoms with Gasteiger partial charge in [-0.2, -0.15) is 0 Å². The van der Waals surface area contributed by atoms with Gasteiger partial charge in [0.05, 0.1) is 5.60 Å². The largest absolute Gasteiger partial charge is 0.389 e. The van der Waals surface area contributed by atoms with Crippen LogP contribution in [0.2, 0.25) is 0 Å². The van der Waals surface area contributed by atoms with E-state index in [-0.39, 0.29) is 0 Å². The molecule has 72 valence electrons. The Morgan fingerprint density at radius 2 is 2.15 bits per heavy atom. The summed E-state index contributed by atoms with van der Waals surface area (Å²) in [5, 5.41) is 19.8. The monoisotopic (exact) mass is 182 g/mol. The van der Waals surface area contributed by atoms with Crippen LogP contribution in [0.15, 0.2) is 12.1 Å². The number of hydrogen-bond acceptors (Lipinski definition) is 5. The number of aromatic nitrogens is 2. The smallest absolute Gasteiger partial charge is 0.148 e. The molecule has 0 atom stereocenters. The van der Waals surface area contributed by atoms with Crippen LogP contribution in [-0.2, 0) is 0 Å². The van der Waals surface area contributed by atoms with Crippen LogP contribution < -0.4 is 11.1 Å². The molecule has 1 aromatic rings. The van der Waals surface area contributed by atoms with Crippen molar-refractivity contribution in [2.24, 2.45) is 0 Å². The highest BCUT2D eigenvalue weighted by Gasteiger charge is 2.11. The number of nitrogens with one attached hydrogen (secondary N) is 1. The molecule has 0 fully saturated rings. The van der Waals surface area contributed by atoms with Crippen molar-refractivity contribution in [3.8, 4) is 0 Å². The first-order valence-electron chi connectivity index (χ1n) is 4.03. The van der Waals surface area contributed by atoms with Crippen molar-refractivity contribution in [1.82, 2.24) is 10.2 Å². The maximum absolute atomic E-state index is 9.40. The predicted molar refractivity (Wildman–Crippen MR) is 51.2 cm³/mol. The van der Waals surface area contributed by atoms with E-state index in [0.717, 1.165) is 0 Å². The molecule has 0 radical (unpaired) electrons. The summed E-state index contributed by atoms with van der Waals surface area (Å²) in [6, 6.07) is 3.37. The van der Waals surface area contributed by atoms with Gasteiger partial charge in [0.2, 0.25) is 0 Å². The minimum Gasteiger partial charge on any atom is -0.389 e. The van der Waals surface area contributed by atoms with Gasteiger partial charge >= 0.3 is 0 Å². The molecule has 1 rings (SSSR count). The molecule has 0 amide bonds. The molecule has 5 nitrogen and oxygen atoms in total. The second kappa shape index (κ2) is 3.57. The Kier molecular flexibility index (Phi) is 2.67. The van der Waals surface area contributed by atoms with Gasteiger partial charge in [-0.25, -0.2) is 0 Å². The van der Waals surface area contributed by atoms with Gasteiger partial charge in [0.25, 0.3) is 0 Å². The lowest BCUT2D eigenvalue weighted by Crippen LogP contribution is -2.29. The van der Waals surface area contributed by atoms with Gasteiger partial charge in [-0.1, -0.05) is 0 Å². The van der Waals surface area contributed by atoms with Crippen LogP contribution in [0, 0.1) is 0 Å². The summed E-state index contributed by atoms with van der Waals surface area (Å²) in [5.74, 6) is 0.991. The second-order valence-corrected chi connectivity index (χ2v) is 3.51. The van der Waals surface area contributed by atoms with Crippen LogP contribution in [0.25, 0.3) is 0 Å². The molecule has 4 N–H and O–H groups in total. The molecule has 0 bridgehead atoms. The van der Waals surface area contributed by atoms with Crippen LogP contribution in [0.3, 0.4) is 0 Å². The van der Waals surface area contributed by atoms with Gasteiger partial charge in [0, 0.05) is 6.54 Å². The minimum absolute atomic E-state index is 0.383. The van der Waals surface area contributed by atoms with Crippen molar-refractivity contribution in [3.63, 3.8) is 0 Å². The molecular formula is C8H14N4O. The van der Waals surface area contributed by atoms with Crippen LogP contribution in [0.1, 0.15) is 13.8 Å². The van der Waals surface area contributed by atoms with Crippen molar-refractivity contribution in [2.45, 2.75) is 19.4 Å². The second-order valence-electron chi connectivity index (χ2n) is 3.51. The van der Waals surface area contributed by atoms with Crippen LogP contribution in [-0.4, -0.2) is 27.4 Å². The van der Waals surface area contributed by atoms with Crippen molar-refractivity contribution in [1.29, 1.82) is 0 Å². The molecule has 0 saturated carbocycles. The molecule has 1 heterocycles. The molecule has 0 aliphatic heterocycles. The first kappa shape index (κ1) is 9.73. The number of nitrogen functional groups attached to an aromatic ring is 1. The normalized spacial score (nSPS) is 11.3. The summed E-state index contributed by atoms with van der Waals surface area (Å²) in [6.07, 6.45) is 0. The lowest BCUT2D eigenvalue weighted by Gasteiger charge is -2.17. The molecule has 0 aromatic carbocycles. The molecule has 0 aliphatic carbocycles. The third kappa shape index (κ3) is 3.71. The Bertz CT molecular complexity index is 264. The summed E-state index contributed by atoms with van der Waals surface area (Å²) < 4.78 is 0. The first-order chi connectivity index (χ1) is 5.97. The number of rotatable bonds is 3. The van der Waals surface area contributed by atoms with Gasteiger partial charge in [0.1, 0.15) is 11.6 Å². The molecule has 0 spiro atoms. The first-order valence-corrected chi connectivity index (χ1v) is 4.03. The van der Waals surface area contributed by atoms with Gasteiger partial charge in [-0.05, 0) is 26.0 Å². The third-order valence-corrected chi connectivity index (χ3v) is 1.39. The number of anilines is 2. The van der Waals surface area contributed by atoms with Crippen LogP contribution in [0.4, 0.5) is 11.6 Å². The number of nitrogens with zero attached hydrogens (tertiary/aromatic N) is 2. The summed E-state index contributed by atoms with van der Waals surface area (Å²) in [4.78, 5) is 0. The fourth-order valence-corrected chi connectivity index (χ4v) is 0.744. The van der Waals surface area contributed by atoms with E-state index in [1.54, 1.807) is 26.0 Å². The lowest BCUT2D eigenvalue weighted by atomic mass is 10.1. The van der Waals surface area contributed by atoms with Crippen molar-refractivity contribution >= 4 is 11.6 Å². The average Bonchev–Trinajstić information content (AvgIpc) is 2.02. The van der Waals surface area contributed by atoms with Gasteiger partial charge in [-0.3, -0.25) is 0 Å². The number of aliphatic hydroxyl groups is 1. The standard InChI is InChI=1S/C8H14N4O/c1-8(2,13)5-10-7-4-3-6(9)11-12-7/h3-4,13H,5H2,1-2H3,(H2,9,11)(H,10,12). The SMILES string of the molecule is CC(C)(O)CNc1ccc(N)nn1. The Hall–Kier alpha value is -1.36. The highest BCUT2D eigenvalue weighted by atomic mass is 16.3. The number of hydrogen-bond donors (Lipinski definition) is 3. The van der Waals surface area contributed by atoms with Gasteiger partial charge in [-0.15, -0.1) is 10.2 Å². The predicted octanol–water partition coefficient (Wildman–Crippen LogP) is 0.242. The Morgan fingerprint density at radius 1 is 1.46 bits per heavy atom. The summed E-state index contributed by atoms with van der Waals surface area (Å²) in [7, 11) is 0. The topological polar surface area (TPSA) is 84.1 Å². The Labute approximate surface area is 77.0 Å². The van der Waals surface area contributed by atoms with E-state index >= 15 is 0 Å². The molecule has 13 heavy (non-hydrogen) atoms. The Balaban J connectivity index is 2.51. The lowest BCUT2D eigenvalue weighted by molar-refractivity contribution is 0.0944. The van der Waals surface area contributed by atoms with Crippen molar-refractivity contribution in [3.05, 3.63) is 12.1 Å². The highest BCUT2D eigenvalue weighted by Crippen LogP contribution is 2.06. The van der Waals surface area contributed by atoms with E-state index < -0.39 is 5.60 Å². The van der Waals surface area contributed by atoms with E-state index in [1.807, 2.05) is 0 Å². The molecular weight excluding hydrogens is 168 g/mol. The summed E-state index contributed by atoms with van der Waals surface area (Å²) in [5.41, 5.74) is 4.60. The summed E-state index contributed by atoms with van der Waals surface area (Å²) in [6.45, 7) is 3.85.